The zero-order valence-corrected chi connectivity index (χ0v) is 13.9. The highest BCUT2D eigenvalue weighted by Crippen LogP contribution is 2.29. The van der Waals surface area contributed by atoms with Crippen LogP contribution in [0.1, 0.15) is 39.0 Å². The SMILES string of the molecule is CC(=O)c1c(C)[nH]c(C(=O)Nc2ccc(OC(F)F)c(Cl)c2)c1C. The average Bonchev–Trinajstić information content (AvgIpc) is 2.76. The van der Waals surface area contributed by atoms with E-state index in [1.807, 2.05) is 0 Å². The number of hydrogen-bond donors (Lipinski definition) is 2. The molecule has 0 spiro atoms. The molecule has 0 saturated heterocycles. The summed E-state index contributed by atoms with van der Waals surface area (Å²) in [7, 11) is 0. The number of alkyl halides is 2. The minimum absolute atomic E-state index is 0.0584. The Balaban J connectivity index is 2.23. The van der Waals surface area contributed by atoms with Gasteiger partial charge in [-0.25, -0.2) is 0 Å². The molecule has 0 aliphatic carbocycles. The number of aryl methyl sites for hydroxylation is 1. The van der Waals surface area contributed by atoms with Gasteiger partial charge in [0.15, 0.2) is 5.78 Å². The largest absolute Gasteiger partial charge is 0.433 e. The Morgan fingerprint density at radius 2 is 1.96 bits per heavy atom. The second kappa shape index (κ2) is 7.00. The van der Waals surface area contributed by atoms with Gasteiger partial charge in [0.1, 0.15) is 11.4 Å². The number of carbonyl (C=O) groups is 2. The molecule has 1 aromatic carbocycles. The lowest BCUT2D eigenvalue weighted by Crippen LogP contribution is -2.14. The standard InChI is InChI=1S/C16H15ClF2N2O3/c1-7-13(9(3)22)8(2)20-14(7)15(23)21-10-4-5-12(11(17)6-10)24-16(18)19/h4-6,16,20H,1-3H3,(H,21,23). The summed E-state index contributed by atoms with van der Waals surface area (Å²) in [6, 6.07) is 3.92. The normalized spacial score (nSPS) is 10.8. The molecule has 1 aromatic heterocycles. The van der Waals surface area contributed by atoms with Crippen molar-refractivity contribution < 1.29 is 23.1 Å². The minimum Gasteiger partial charge on any atom is -0.433 e. The Hall–Kier alpha value is -2.41. The van der Waals surface area contributed by atoms with Crippen molar-refractivity contribution in [3.63, 3.8) is 0 Å². The van der Waals surface area contributed by atoms with Crippen LogP contribution in [0.2, 0.25) is 5.02 Å². The van der Waals surface area contributed by atoms with E-state index in [9.17, 15) is 18.4 Å². The van der Waals surface area contributed by atoms with Crippen molar-refractivity contribution in [2.75, 3.05) is 5.32 Å². The molecular formula is C16H15ClF2N2O3. The lowest BCUT2D eigenvalue weighted by atomic mass is 10.1. The number of hydrogen-bond acceptors (Lipinski definition) is 3. The predicted molar refractivity (Wildman–Crippen MR) is 86.3 cm³/mol. The summed E-state index contributed by atoms with van der Waals surface area (Å²) < 4.78 is 28.6. The van der Waals surface area contributed by atoms with Crippen LogP contribution in [-0.2, 0) is 0 Å². The molecule has 0 aliphatic heterocycles. The Morgan fingerprint density at radius 1 is 1.29 bits per heavy atom. The lowest BCUT2D eigenvalue weighted by molar-refractivity contribution is -0.0497. The van der Waals surface area contributed by atoms with Crippen molar-refractivity contribution in [2.45, 2.75) is 27.4 Å². The van der Waals surface area contributed by atoms with Crippen LogP contribution in [0.15, 0.2) is 18.2 Å². The number of amides is 1. The van der Waals surface area contributed by atoms with Crippen LogP contribution in [0, 0.1) is 13.8 Å². The van der Waals surface area contributed by atoms with Crippen molar-refractivity contribution >= 4 is 29.0 Å². The Labute approximate surface area is 142 Å². The van der Waals surface area contributed by atoms with Crippen molar-refractivity contribution in [2.24, 2.45) is 0 Å². The third-order valence-corrected chi connectivity index (χ3v) is 3.72. The summed E-state index contributed by atoms with van der Waals surface area (Å²) in [6.45, 7) is 1.81. The molecule has 8 heteroatoms. The summed E-state index contributed by atoms with van der Waals surface area (Å²) in [5.74, 6) is -0.797. The average molecular weight is 357 g/mol. The second-order valence-electron chi connectivity index (χ2n) is 5.16. The van der Waals surface area contributed by atoms with E-state index < -0.39 is 12.5 Å². The third kappa shape index (κ3) is 3.73. The molecule has 1 amide bonds. The summed E-state index contributed by atoms with van der Waals surface area (Å²) in [5.41, 5.74) is 2.17. The highest BCUT2D eigenvalue weighted by atomic mass is 35.5. The predicted octanol–water partition coefficient (Wildman–Crippen LogP) is 4.34. The van der Waals surface area contributed by atoms with Crippen molar-refractivity contribution in [3.8, 4) is 5.75 Å². The molecule has 2 N–H and O–H groups in total. The number of Topliss-reactive ketones (excluding diaryl/α,β-unsaturated/α-hetero) is 1. The van der Waals surface area contributed by atoms with E-state index in [0.29, 0.717) is 22.5 Å². The van der Waals surface area contributed by atoms with Gasteiger partial charge in [-0.05, 0) is 44.5 Å². The molecule has 0 bridgehead atoms. The van der Waals surface area contributed by atoms with E-state index in [2.05, 4.69) is 15.0 Å². The molecule has 0 atom stereocenters. The fourth-order valence-corrected chi connectivity index (χ4v) is 2.69. The van der Waals surface area contributed by atoms with E-state index in [1.165, 1.54) is 25.1 Å². The monoisotopic (exact) mass is 356 g/mol. The van der Waals surface area contributed by atoms with Gasteiger partial charge in [-0.15, -0.1) is 0 Å². The zero-order valence-electron chi connectivity index (χ0n) is 13.2. The molecule has 128 valence electrons. The molecule has 5 nitrogen and oxygen atoms in total. The van der Waals surface area contributed by atoms with Gasteiger partial charge in [0, 0.05) is 16.9 Å². The zero-order chi connectivity index (χ0) is 18.0. The number of ketones is 1. The molecule has 0 aliphatic rings. The lowest BCUT2D eigenvalue weighted by Gasteiger charge is -2.09. The summed E-state index contributed by atoms with van der Waals surface area (Å²) in [5, 5.41) is 2.53. The molecule has 0 fully saturated rings. The molecule has 0 saturated carbocycles. The highest BCUT2D eigenvalue weighted by molar-refractivity contribution is 6.32. The van der Waals surface area contributed by atoms with Gasteiger partial charge in [-0.2, -0.15) is 8.78 Å². The van der Waals surface area contributed by atoms with Gasteiger partial charge >= 0.3 is 6.61 Å². The van der Waals surface area contributed by atoms with E-state index in [1.54, 1.807) is 13.8 Å². The Kier molecular flexibility index (Phi) is 5.23. The quantitative estimate of drug-likeness (QED) is 0.783. The maximum atomic E-state index is 12.3. The van der Waals surface area contributed by atoms with Gasteiger partial charge in [-0.1, -0.05) is 11.6 Å². The maximum absolute atomic E-state index is 12.3. The maximum Gasteiger partial charge on any atom is 0.387 e. The number of halogens is 3. The fraction of sp³-hybridized carbons (Fsp3) is 0.250. The fourth-order valence-electron chi connectivity index (χ4n) is 2.47. The molecule has 24 heavy (non-hydrogen) atoms. The highest BCUT2D eigenvalue weighted by Gasteiger charge is 2.20. The summed E-state index contributed by atoms with van der Waals surface area (Å²) >= 11 is 5.84. The molecule has 2 rings (SSSR count). The Bertz CT molecular complexity index is 803. The van der Waals surface area contributed by atoms with E-state index in [0.717, 1.165) is 0 Å². The van der Waals surface area contributed by atoms with Crippen LogP contribution in [-0.4, -0.2) is 23.3 Å². The number of aromatic amines is 1. The van der Waals surface area contributed by atoms with Gasteiger partial charge in [0.25, 0.3) is 5.91 Å². The smallest absolute Gasteiger partial charge is 0.387 e. The Morgan fingerprint density at radius 3 is 2.46 bits per heavy atom. The number of H-pyrrole nitrogens is 1. The van der Waals surface area contributed by atoms with Crippen LogP contribution in [0.5, 0.6) is 5.75 Å². The van der Waals surface area contributed by atoms with E-state index in [4.69, 9.17) is 11.6 Å². The summed E-state index contributed by atoms with van der Waals surface area (Å²) in [6.07, 6.45) is 0. The van der Waals surface area contributed by atoms with Crippen molar-refractivity contribution in [1.29, 1.82) is 0 Å². The van der Waals surface area contributed by atoms with Gasteiger partial charge < -0.3 is 15.0 Å². The van der Waals surface area contributed by atoms with Crippen LogP contribution in [0.3, 0.4) is 0 Å². The van der Waals surface area contributed by atoms with Gasteiger partial charge in [0.05, 0.1) is 5.02 Å². The molecule has 1 heterocycles. The number of benzene rings is 1. The van der Waals surface area contributed by atoms with Crippen LogP contribution >= 0.6 is 11.6 Å². The third-order valence-electron chi connectivity index (χ3n) is 3.42. The van der Waals surface area contributed by atoms with E-state index in [-0.39, 0.29) is 22.2 Å². The molecule has 2 aromatic rings. The van der Waals surface area contributed by atoms with Crippen LogP contribution in [0.4, 0.5) is 14.5 Å². The molecule has 0 unspecified atom stereocenters. The van der Waals surface area contributed by atoms with Crippen molar-refractivity contribution in [3.05, 3.63) is 45.7 Å². The number of carbonyl (C=O) groups excluding carboxylic acids is 2. The first-order valence-corrected chi connectivity index (χ1v) is 7.34. The topological polar surface area (TPSA) is 71.2 Å². The van der Waals surface area contributed by atoms with Crippen LogP contribution in [0.25, 0.3) is 0 Å². The first kappa shape index (κ1) is 17.9. The van der Waals surface area contributed by atoms with Crippen LogP contribution < -0.4 is 10.1 Å². The molecular weight excluding hydrogens is 342 g/mol. The number of nitrogens with one attached hydrogen (secondary N) is 2. The number of rotatable bonds is 5. The van der Waals surface area contributed by atoms with Gasteiger partial charge in [0.2, 0.25) is 0 Å². The summed E-state index contributed by atoms with van der Waals surface area (Å²) in [4.78, 5) is 26.8. The van der Waals surface area contributed by atoms with E-state index >= 15 is 0 Å². The first-order valence-electron chi connectivity index (χ1n) is 6.96. The second-order valence-corrected chi connectivity index (χ2v) is 5.57. The number of anilines is 1. The minimum atomic E-state index is -2.99. The van der Waals surface area contributed by atoms with Gasteiger partial charge in [-0.3, -0.25) is 9.59 Å². The first-order chi connectivity index (χ1) is 11.2. The van der Waals surface area contributed by atoms with Crippen molar-refractivity contribution in [1.82, 2.24) is 4.98 Å². The number of ether oxygens (including phenoxy) is 1. The number of aromatic nitrogens is 1. The molecule has 0 radical (unpaired) electrons.